The number of Topliss-reactive ketones (excluding diaryl/α,β-unsaturated/α-hetero) is 1. The van der Waals surface area contributed by atoms with Crippen molar-refractivity contribution in [2.75, 3.05) is 13.6 Å². The Morgan fingerprint density at radius 2 is 1.89 bits per heavy atom. The first-order valence-electron chi connectivity index (χ1n) is 7.31. The van der Waals surface area contributed by atoms with Crippen LogP contribution in [0.25, 0.3) is 0 Å². The summed E-state index contributed by atoms with van der Waals surface area (Å²) in [6.45, 7) is 6.24. The van der Waals surface area contributed by atoms with E-state index in [1.165, 1.54) is 12.0 Å². The van der Waals surface area contributed by atoms with Crippen LogP contribution in [0.5, 0.6) is 0 Å². The van der Waals surface area contributed by atoms with Gasteiger partial charge in [0.15, 0.2) is 0 Å². The fraction of sp³-hybridized carbons (Fsp3) is 0.588. The first kappa shape index (κ1) is 14.3. The SMILES string of the molecule is CC1CC(=O)C(CN(C)Cc2ccccc2)C(C)C1. The number of hydrogen-bond acceptors (Lipinski definition) is 2. The molecular formula is C17H25NO. The highest BCUT2D eigenvalue weighted by atomic mass is 16.1. The molecule has 3 unspecified atom stereocenters. The smallest absolute Gasteiger partial charge is 0.137 e. The molecule has 2 rings (SSSR count). The molecule has 0 radical (unpaired) electrons. The molecule has 0 N–H and O–H groups in total. The summed E-state index contributed by atoms with van der Waals surface area (Å²) in [5.41, 5.74) is 1.31. The molecule has 2 heteroatoms. The quantitative estimate of drug-likeness (QED) is 0.826. The van der Waals surface area contributed by atoms with Crippen LogP contribution in [0.2, 0.25) is 0 Å². The lowest BCUT2D eigenvalue weighted by Gasteiger charge is -2.34. The van der Waals surface area contributed by atoms with Crippen molar-refractivity contribution in [1.29, 1.82) is 0 Å². The lowest BCUT2D eigenvalue weighted by molar-refractivity contribution is -0.128. The lowest BCUT2D eigenvalue weighted by Crippen LogP contribution is -2.38. The monoisotopic (exact) mass is 259 g/mol. The second-order valence-electron chi connectivity index (χ2n) is 6.28. The van der Waals surface area contributed by atoms with E-state index in [-0.39, 0.29) is 5.92 Å². The van der Waals surface area contributed by atoms with Gasteiger partial charge in [-0.05, 0) is 30.9 Å². The minimum absolute atomic E-state index is 0.227. The Labute approximate surface area is 116 Å². The fourth-order valence-corrected chi connectivity index (χ4v) is 3.27. The molecule has 19 heavy (non-hydrogen) atoms. The summed E-state index contributed by atoms with van der Waals surface area (Å²) in [6, 6.07) is 10.5. The van der Waals surface area contributed by atoms with Crippen LogP contribution < -0.4 is 0 Å². The standard InChI is InChI=1S/C17H25NO/c1-13-9-14(2)16(17(19)10-13)12-18(3)11-15-7-5-4-6-8-15/h4-8,13-14,16H,9-12H2,1-3H3. The molecule has 0 saturated heterocycles. The van der Waals surface area contributed by atoms with Crippen LogP contribution >= 0.6 is 0 Å². The van der Waals surface area contributed by atoms with Crippen LogP contribution in [0.1, 0.15) is 32.3 Å². The molecular weight excluding hydrogens is 234 g/mol. The zero-order valence-corrected chi connectivity index (χ0v) is 12.3. The first-order valence-corrected chi connectivity index (χ1v) is 7.31. The Morgan fingerprint density at radius 1 is 1.21 bits per heavy atom. The van der Waals surface area contributed by atoms with Gasteiger partial charge < -0.3 is 4.90 Å². The van der Waals surface area contributed by atoms with Crippen LogP contribution in [-0.4, -0.2) is 24.3 Å². The number of carbonyl (C=O) groups is 1. The number of rotatable bonds is 4. The van der Waals surface area contributed by atoms with Crippen molar-refractivity contribution < 1.29 is 4.79 Å². The number of benzene rings is 1. The molecule has 1 fully saturated rings. The van der Waals surface area contributed by atoms with Crippen molar-refractivity contribution in [3.8, 4) is 0 Å². The Kier molecular flexibility index (Phi) is 4.76. The molecule has 0 amide bonds. The molecule has 0 heterocycles. The van der Waals surface area contributed by atoms with E-state index in [2.05, 4.69) is 50.1 Å². The lowest BCUT2D eigenvalue weighted by atomic mass is 9.74. The molecule has 1 aromatic carbocycles. The Morgan fingerprint density at radius 3 is 2.53 bits per heavy atom. The van der Waals surface area contributed by atoms with E-state index in [0.717, 1.165) is 19.5 Å². The highest BCUT2D eigenvalue weighted by molar-refractivity contribution is 5.82. The fourth-order valence-electron chi connectivity index (χ4n) is 3.27. The first-order chi connectivity index (χ1) is 9.06. The molecule has 1 aliphatic rings. The molecule has 1 saturated carbocycles. The maximum Gasteiger partial charge on any atom is 0.137 e. The van der Waals surface area contributed by atoms with Gasteiger partial charge in [-0.2, -0.15) is 0 Å². The normalized spacial score (nSPS) is 27.8. The van der Waals surface area contributed by atoms with Crippen LogP contribution in [-0.2, 0) is 11.3 Å². The number of ketones is 1. The minimum atomic E-state index is 0.227. The minimum Gasteiger partial charge on any atom is -0.301 e. The van der Waals surface area contributed by atoms with Gasteiger partial charge in [-0.3, -0.25) is 4.79 Å². The van der Waals surface area contributed by atoms with Crippen molar-refractivity contribution in [3.63, 3.8) is 0 Å². The third kappa shape index (κ3) is 3.90. The topological polar surface area (TPSA) is 20.3 Å². The van der Waals surface area contributed by atoms with Crippen molar-refractivity contribution in [2.24, 2.45) is 17.8 Å². The number of carbonyl (C=O) groups excluding carboxylic acids is 1. The van der Waals surface area contributed by atoms with Gasteiger partial charge in [0.2, 0.25) is 0 Å². The van der Waals surface area contributed by atoms with E-state index >= 15 is 0 Å². The molecule has 0 spiro atoms. The largest absolute Gasteiger partial charge is 0.301 e. The third-order valence-corrected chi connectivity index (χ3v) is 4.23. The van der Waals surface area contributed by atoms with E-state index in [0.29, 0.717) is 17.6 Å². The van der Waals surface area contributed by atoms with Crippen molar-refractivity contribution in [3.05, 3.63) is 35.9 Å². The predicted molar refractivity (Wildman–Crippen MR) is 78.8 cm³/mol. The zero-order chi connectivity index (χ0) is 13.8. The summed E-state index contributed by atoms with van der Waals surface area (Å²) >= 11 is 0. The van der Waals surface area contributed by atoms with Gasteiger partial charge in [0.05, 0.1) is 0 Å². The summed E-state index contributed by atoms with van der Waals surface area (Å²) in [5.74, 6) is 1.78. The van der Waals surface area contributed by atoms with Crippen molar-refractivity contribution >= 4 is 5.78 Å². The zero-order valence-electron chi connectivity index (χ0n) is 12.3. The molecule has 2 nitrogen and oxygen atoms in total. The third-order valence-electron chi connectivity index (χ3n) is 4.23. The van der Waals surface area contributed by atoms with E-state index < -0.39 is 0 Å². The van der Waals surface area contributed by atoms with Crippen molar-refractivity contribution in [2.45, 2.75) is 33.2 Å². The van der Waals surface area contributed by atoms with E-state index in [9.17, 15) is 4.79 Å². The Bertz CT molecular complexity index is 415. The Hall–Kier alpha value is -1.15. The van der Waals surface area contributed by atoms with Crippen LogP contribution in [0.15, 0.2) is 30.3 Å². The highest BCUT2D eigenvalue weighted by Crippen LogP contribution is 2.31. The number of nitrogens with zero attached hydrogens (tertiary/aromatic N) is 1. The molecule has 0 aliphatic heterocycles. The number of hydrogen-bond donors (Lipinski definition) is 0. The predicted octanol–water partition coefficient (Wildman–Crippen LogP) is 3.37. The molecule has 1 aromatic rings. The highest BCUT2D eigenvalue weighted by Gasteiger charge is 2.32. The molecule has 0 aromatic heterocycles. The van der Waals surface area contributed by atoms with Gasteiger partial charge in [0, 0.05) is 25.4 Å². The van der Waals surface area contributed by atoms with Gasteiger partial charge >= 0.3 is 0 Å². The average Bonchev–Trinajstić information content (AvgIpc) is 2.35. The molecule has 104 valence electrons. The summed E-state index contributed by atoms with van der Waals surface area (Å²) in [5, 5.41) is 0. The van der Waals surface area contributed by atoms with E-state index in [4.69, 9.17) is 0 Å². The molecule has 3 atom stereocenters. The van der Waals surface area contributed by atoms with Gasteiger partial charge in [-0.1, -0.05) is 44.2 Å². The summed E-state index contributed by atoms with van der Waals surface area (Å²) in [6.07, 6.45) is 1.96. The summed E-state index contributed by atoms with van der Waals surface area (Å²) < 4.78 is 0. The van der Waals surface area contributed by atoms with Gasteiger partial charge in [0.1, 0.15) is 5.78 Å². The second-order valence-corrected chi connectivity index (χ2v) is 6.28. The maximum absolute atomic E-state index is 12.2. The van der Waals surface area contributed by atoms with Crippen molar-refractivity contribution in [1.82, 2.24) is 4.90 Å². The maximum atomic E-state index is 12.2. The Balaban J connectivity index is 1.91. The summed E-state index contributed by atoms with van der Waals surface area (Å²) in [7, 11) is 2.12. The van der Waals surface area contributed by atoms with E-state index in [1.54, 1.807) is 0 Å². The second kappa shape index (κ2) is 6.33. The van der Waals surface area contributed by atoms with Crippen LogP contribution in [0.3, 0.4) is 0 Å². The van der Waals surface area contributed by atoms with Gasteiger partial charge in [-0.25, -0.2) is 0 Å². The average molecular weight is 259 g/mol. The van der Waals surface area contributed by atoms with Crippen LogP contribution in [0, 0.1) is 17.8 Å². The van der Waals surface area contributed by atoms with Gasteiger partial charge in [-0.15, -0.1) is 0 Å². The van der Waals surface area contributed by atoms with Gasteiger partial charge in [0.25, 0.3) is 0 Å². The summed E-state index contributed by atoms with van der Waals surface area (Å²) in [4.78, 5) is 14.5. The van der Waals surface area contributed by atoms with E-state index in [1.807, 2.05) is 6.07 Å². The molecule has 1 aliphatic carbocycles. The van der Waals surface area contributed by atoms with Crippen LogP contribution in [0.4, 0.5) is 0 Å². The molecule has 0 bridgehead atoms.